The fourth-order valence-electron chi connectivity index (χ4n) is 7.38. The third-order valence-electron chi connectivity index (χ3n) is 8.73. The molecule has 3 aliphatic carbocycles. The molecule has 1 aromatic heterocycles. The van der Waals surface area contributed by atoms with Gasteiger partial charge in [-0.25, -0.2) is 0 Å². The van der Waals surface area contributed by atoms with Crippen molar-refractivity contribution < 1.29 is 38.1 Å². The molecule has 1 aromatic rings. The van der Waals surface area contributed by atoms with Gasteiger partial charge in [-0.15, -0.1) is 0 Å². The smallest absolute Gasteiger partial charge is 0.313 e. The van der Waals surface area contributed by atoms with Crippen molar-refractivity contribution in [1.29, 1.82) is 0 Å². The molecule has 7 atom stereocenters. The van der Waals surface area contributed by atoms with Crippen LogP contribution < -0.4 is 0 Å². The van der Waals surface area contributed by atoms with Crippen LogP contribution in [0.15, 0.2) is 16.7 Å². The Morgan fingerprint density at radius 3 is 2.36 bits per heavy atom. The van der Waals surface area contributed by atoms with Crippen molar-refractivity contribution in [2.75, 3.05) is 7.11 Å². The highest BCUT2D eigenvalue weighted by Gasteiger charge is 2.74. The standard InChI is InChI=1S/C25H34O8/c1-13(26)32-20-19-16(12-17-15(8-11-31-17)18(19)22(28)30-6)24(5)10-7-9-23(3,4)25(24,29)21(20)33-14(2)27/h8,11,16,18-21,29H,7,9-10,12H2,1-6H3/t16-,18+,19+,20+,21-,24+,25+/m0/s1. The fraction of sp³-hybridized carbons (Fsp3) is 0.720. The molecule has 8 nitrogen and oxygen atoms in total. The van der Waals surface area contributed by atoms with Gasteiger partial charge in [0, 0.05) is 37.2 Å². The van der Waals surface area contributed by atoms with Gasteiger partial charge in [0.05, 0.1) is 19.3 Å². The first kappa shape index (κ1) is 23.8. The Morgan fingerprint density at radius 2 is 1.76 bits per heavy atom. The maximum Gasteiger partial charge on any atom is 0.313 e. The number of ether oxygens (including phenoxy) is 3. The Balaban J connectivity index is 2.00. The fourth-order valence-corrected chi connectivity index (χ4v) is 7.38. The van der Waals surface area contributed by atoms with Gasteiger partial charge in [0.25, 0.3) is 0 Å². The molecule has 0 amide bonds. The number of hydrogen-bond donors (Lipinski definition) is 1. The summed E-state index contributed by atoms with van der Waals surface area (Å²) in [6.07, 6.45) is 2.10. The average molecular weight is 463 g/mol. The second-order valence-corrected chi connectivity index (χ2v) is 10.7. The number of carbonyl (C=O) groups excluding carboxylic acids is 3. The lowest BCUT2D eigenvalue weighted by molar-refractivity contribution is -0.317. The van der Waals surface area contributed by atoms with Gasteiger partial charge < -0.3 is 23.7 Å². The van der Waals surface area contributed by atoms with Crippen molar-refractivity contribution in [1.82, 2.24) is 0 Å². The Labute approximate surface area is 193 Å². The number of hydrogen-bond acceptors (Lipinski definition) is 8. The summed E-state index contributed by atoms with van der Waals surface area (Å²) < 4.78 is 22.6. The van der Waals surface area contributed by atoms with Crippen molar-refractivity contribution in [3.8, 4) is 0 Å². The van der Waals surface area contributed by atoms with Crippen LogP contribution in [-0.4, -0.2) is 47.9 Å². The molecule has 1 heterocycles. The van der Waals surface area contributed by atoms with Crippen LogP contribution in [-0.2, 0) is 35.0 Å². The Hall–Kier alpha value is -2.35. The molecule has 2 fully saturated rings. The number of esters is 3. The quantitative estimate of drug-likeness (QED) is 0.539. The van der Waals surface area contributed by atoms with Gasteiger partial charge in [0.2, 0.25) is 0 Å². The highest BCUT2D eigenvalue weighted by Crippen LogP contribution is 2.67. The van der Waals surface area contributed by atoms with Crippen LogP contribution in [0.4, 0.5) is 0 Å². The third-order valence-corrected chi connectivity index (χ3v) is 8.73. The van der Waals surface area contributed by atoms with E-state index in [2.05, 4.69) is 0 Å². The van der Waals surface area contributed by atoms with Crippen LogP contribution in [0.2, 0.25) is 0 Å². The largest absolute Gasteiger partial charge is 0.469 e. The molecule has 0 spiro atoms. The van der Waals surface area contributed by atoms with Crippen LogP contribution in [0.25, 0.3) is 0 Å². The summed E-state index contributed by atoms with van der Waals surface area (Å²) in [5.41, 5.74) is -2.21. The second kappa shape index (κ2) is 7.86. The molecule has 8 heteroatoms. The Kier molecular flexibility index (Phi) is 5.67. The first-order chi connectivity index (χ1) is 15.4. The number of rotatable bonds is 3. The van der Waals surface area contributed by atoms with E-state index < -0.39 is 58.4 Å². The first-order valence-electron chi connectivity index (χ1n) is 11.6. The van der Waals surface area contributed by atoms with Gasteiger partial charge in [0.1, 0.15) is 17.5 Å². The summed E-state index contributed by atoms with van der Waals surface area (Å²) in [5, 5.41) is 12.6. The number of furan rings is 1. The normalized spacial score (nSPS) is 38.8. The summed E-state index contributed by atoms with van der Waals surface area (Å²) in [5.74, 6) is -2.57. The van der Waals surface area contributed by atoms with Crippen molar-refractivity contribution in [2.45, 2.75) is 84.0 Å². The maximum atomic E-state index is 13.1. The third kappa shape index (κ3) is 3.24. The first-order valence-corrected chi connectivity index (χ1v) is 11.6. The molecular weight excluding hydrogens is 428 g/mol. The molecule has 3 aliphatic rings. The number of aliphatic hydroxyl groups is 1. The maximum absolute atomic E-state index is 13.1. The van der Waals surface area contributed by atoms with E-state index in [1.807, 2.05) is 20.8 Å². The van der Waals surface area contributed by atoms with Gasteiger partial charge in [-0.2, -0.15) is 0 Å². The Bertz CT molecular complexity index is 963. The topological polar surface area (TPSA) is 112 Å². The molecule has 0 unspecified atom stereocenters. The van der Waals surface area contributed by atoms with Crippen molar-refractivity contribution in [3.63, 3.8) is 0 Å². The molecule has 4 rings (SSSR count). The minimum atomic E-state index is -1.50. The second-order valence-electron chi connectivity index (χ2n) is 10.7. The Morgan fingerprint density at radius 1 is 1.09 bits per heavy atom. The summed E-state index contributed by atoms with van der Waals surface area (Å²) in [4.78, 5) is 37.7. The zero-order valence-electron chi connectivity index (χ0n) is 20.2. The highest BCUT2D eigenvalue weighted by atomic mass is 16.6. The van der Waals surface area contributed by atoms with Crippen molar-refractivity contribution in [3.05, 3.63) is 23.7 Å². The molecular formula is C25H34O8. The van der Waals surface area contributed by atoms with E-state index in [1.165, 1.54) is 21.0 Å². The molecule has 33 heavy (non-hydrogen) atoms. The molecule has 0 radical (unpaired) electrons. The SMILES string of the molecule is COC(=O)[C@@H]1c2ccoc2C[C@H]2[C@H]1[C@@H](OC(C)=O)[C@H](OC(C)=O)[C@@]1(O)C(C)(C)CCC[C@]21C. The van der Waals surface area contributed by atoms with Crippen molar-refractivity contribution >= 4 is 17.9 Å². The summed E-state index contributed by atoms with van der Waals surface area (Å²) >= 11 is 0. The minimum absolute atomic E-state index is 0.277. The molecule has 2 saturated carbocycles. The zero-order valence-corrected chi connectivity index (χ0v) is 20.2. The van der Waals surface area contributed by atoms with Crippen LogP contribution in [0.1, 0.15) is 71.1 Å². The van der Waals surface area contributed by atoms with E-state index in [0.29, 0.717) is 30.6 Å². The zero-order chi connectivity index (χ0) is 24.3. The van der Waals surface area contributed by atoms with Crippen LogP contribution in [0.5, 0.6) is 0 Å². The van der Waals surface area contributed by atoms with E-state index in [4.69, 9.17) is 18.6 Å². The molecule has 182 valence electrons. The van der Waals surface area contributed by atoms with Gasteiger partial charge in [-0.05, 0) is 30.2 Å². The van der Waals surface area contributed by atoms with Gasteiger partial charge in [-0.1, -0.05) is 27.2 Å². The van der Waals surface area contributed by atoms with E-state index >= 15 is 0 Å². The summed E-state index contributed by atoms with van der Waals surface area (Å²) in [6, 6.07) is 1.74. The lowest BCUT2D eigenvalue weighted by atomic mass is 9.40. The molecule has 1 N–H and O–H groups in total. The van der Waals surface area contributed by atoms with E-state index in [0.717, 1.165) is 6.42 Å². The van der Waals surface area contributed by atoms with Crippen molar-refractivity contribution in [2.24, 2.45) is 22.7 Å². The summed E-state index contributed by atoms with van der Waals surface area (Å²) in [7, 11) is 1.32. The lowest BCUT2D eigenvalue weighted by Gasteiger charge is -2.68. The average Bonchev–Trinajstić information content (AvgIpc) is 3.19. The monoisotopic (exact) mass is 462 g/mol. The number of methoxy groups -OCH3 is 1. The predicted octanol–water partition coefficient (Wildman–Crippen LogP) is 3.15. The van der Waals surface area contributed by atoms with Gasteiger partial charge >= 0.3 is 17.9 Å². The minimum Gasteiger partial charge on any atom is -0.469 e. The van der Waals surface area contributed by atoms with Crippen LogP contribution >= 0.6 is 0 Å². The van der Waals surface area contributed by atoms with E-state index in [1.54, 1.807) is 12.3 Å². The van der Waals surface area contributed by atoms with Gasteiger partial charge in [-0.3, -0.25) is 14.4 Å². The predicted molar refractivity (Wildman–Crippen MR) is 116 cm³/mol. The van der Waals surface area contributed by atoms with Gasteiger partial charge in [0.15, 0.2) is 6.10 Å². The molecule has 0 aliphatic heterocycles. The molecule has 0 aromatic carbocycles. The number of carbonyl (C=O) groups is 3. The van der Waals surface area contributed by atoms with E-state index in [9.17, 15) is 19.5 Å². The highest BCUT2D eigenvalue weighted by molar-refractivity contribution is 5.80. The van der Waals surface area contributed by atoms with Crippen LogP contribution in [0, 0.1) is 22.7 Å². The molecule has 0 bridgehead atoms. The lowest BCUT2D eigenvalue weighted by Crippen LogP contribution is -2.77. The number of fused-ring (bicyclic) bond motifs is 4. The van der Waals surface area contributed by atoms with E-state index in [-0.39, 0.29) is 5.92 Å². The van der Waals surface area contributed by atoms with Crippen LogP contribution in [0.3, 0.4) is 0 Å². The molecule has 0 saturated heterocycles. The summed E-state index contributed by atoms with van der Waals surface area (Å²) in [6.45, 7) is 8.49.